The van der Waals surface area contributed by atoms with Gasteiger partial charge in [0.15, 0.2) is 0 Å². The van der Waals surface area contributed by atoms with Crippen molar-refractivity contribution in [1.82, 2.24) is 14.9 Å². The second kappa shape index (κ2) is 8.46. The number of nitrogens with zero attached hydrogens (tertiary/aromatic N) is 3. The standard InChI is InChI=1S/C18H26N4O/c1-4-11-22(12-5-2)17(23)13-14(3)21-16-8-10-19-15-7-6-9-20-18(15)16/h6-10,14H,4-5,11-13H2,1-3H3,(H,19,21). The SMILES string of the molecule is CCCN(CCC)C(=O)CC(C)Nc1ccnc2cccnc12. The minimum absolute atomic E-state index is 0.0475. The van der Waals surface area contributed by atoms with Gasteiger partial charge in [0.25, 0.3) is 0 Å². The molecule has 0 saturated carbocycles. The van der Waals surface area contributed by atoms with Crippen molar-refractivity contribution < 1.29 is 4.79 Å². The van der Waals surface area contributed by atoms with Gasteiger partial charge in [-0.3, -0.25) is 14.8 Å². The van der Waals surface area contributed by atoms with Gasteiger partial charge in [-0.05, 0) is 38.0 Å². The first-order chi connectivity index (χ1) is 11.2. The van der Waals surface area contributed by atoms with Crippen LogP contribution in [0.5, 0.6) is 0 Å². The number of anilines is 1. The Kier molecular flexibility index (Phi) is 6.32. The van der Waals surface area contributed by atoms with Crippen molar-refractivity contribution in [1.29, 1.82) is 0 Å². The molecule has 0 aliphatic rings. The highest BCUT2D eigenvalue weighted by Crippen LogP contribution is 2.20. The molecule has 2 aromatic rings. The Balaban J connectivity index is 2.03. The first kappa shape index (κ1) is 17.2. The summed E-state index contributed by atoms with van der Waals surface area (Å²) in [5, 5.41) is 3.40. The minimum Gasteiger partial charge on any atom is -0.380 e. The van der Waals surface area contributed by atoms with Crippen molar-refractivity contribution in [3.63, 3.8) is 0 Å². The van der Waals surface area contributed by atoms with E-state index in [1.54, 1.807) is 12.4 Å². The van der Waals surface area contributed by atoms with Gasteiger partial charge in [0.2, 0.25) is 5.91 Å². The number of carbonyl (C=O) groups excluding carboxylic acids is 1. The van der Waals surface area contributed by atoms with Crippen molar-refractivity contribution in [3.05, 3.63) is 30.6 Å². The lowest BCUT2D eigenvalue weighted by molar-refractivity contribution is -0.131. The number of aromatic nitrogens is 2. The minimum atomic E-state index is 0.0475. The molecule has 1 N–H and O–H groups in total. The van der Waals surface area contributed by atoms with E-state index in [-0.39, 0.29) is 11.9 Å². The summed E-state index contributed by atoms with van der Waals surface area (Å²) in [5.41, 5.74) is 2.62. The Morgan fingerprint density at radius 1 is 1.17 bits per heavy atom. The van der Waals surface area contributed by atoms with E-state index in [1.165, 1.54) is 0 Å². The molecule has 0 saturated heterocycles. The molecule has 124 valence electrons. The number of hydrogen-bond acceptors (Lipinski definition) is 4. The molecule has 0 fully saturated rings. The number of amides is 1. The highest BCUT2D eigenvalue weighted by atomic mass is 16.2. The molecule has 2 aromatic heterocycles. The second-order valence-electron chi connectivity index (χ2n) is 5.86. The number of nitrogens with one attached hydrogen (secondary N) is 1. The zero-order valence-corrected chi connectivity index (χ0v) is 14.2. The molecule has 0 spiro atoms. The number of pyridine rings is 2. The monoisotopic (exact) mass is 314 g/mol. The van der Waals surface area contributed by atoms with E-state index in [0.29, 0.717) is 6.42 Å². The van der Waals surface area contributed by atoms with Crippen LogP contribution in [0.2, 0.25) is 0 Å². The second-order valence-corrected chi connectivity index (χ2v) is 5.86. The fourth-order valence-corrected chi connectivity index (χ4v) is 2.70. The Hall–Kier alpha value is -2.17. The van der Waals surface area contributed by atoms with Crippen LogP contribution in [0.4, 0.5) is 5.69 Å². The molecule has 0 aliphatic carbocycles. The molecular weight excluding hydrogens is 288 g/mol. The molecule has 2 heterocycles. The topological polar surface area (TPSA) is 58.1 Å². The van der Waals surface area contributed by atoms with Crippen molar-refractivity contribution in [2.75, 3.05) is 18.4 Å². The quantitative estimate of drug-likeness (QED) is 0.810. The first-order valence-corrected chi connectivity index (χ1v) is 8.39. The predicted octanol–water partition coefficient (Wildman–Crippen LogP) is 3.47. The molecule has 0 bridgehead atoms. The molecule has 23 heavy (non-hydrogen) atoms. The van der Waals surface area contributed by atoms with Crippen LogP contribution in [-0.2, 0) is 4.79 Å². The van der Waals surface area contributed by atoms with Gasteiger partial charge in [-0.15, -0.1) is 0 Å². The average molecular weight is 314 g/mol. The summed E-state index contributed by atoms with van der Waals surface area (Å²) in [4.78, 5) is 23.1. The Morgan fingerprint density at radius 3 is 2.61 bits per heavy atom. The van der Waals surface area contributed by atoms with Gasteiger partial charge >= 0.3 is 0 Å². The van der Waals surface area contributed by atoms with Crippen LogP contribution in [0.15, 0.2) is 30.6 Å². The molecule has 0 radical (unpaired) electrons. The maximum atomic E-state index is 12.4. The molecule has 5 heteroatoms. The van der Waals surface area contributed by atoms with Gasteiger partial charge < -0.3 is 10.2 Å². The predicted molar refractivity (Wildman–Crippen MR) is 94.4 cm³/mol. The van der Waals surface area contributed by atoms with Crippen LogP contribution in [0.3, 0.4) is 0 Å². The van der Waals surface area contributed by atoms with Crippen LogP contribution in [0.25, 0.3) is 11.0 Å². The largest absolute Gasteiger partial charge is 0.380 e. The van der Waals surface area contributed by atoms with Gasteiger partial charge in [0.05, 0.1) is 11.2 Å². The summed E-state index contributed by atoms with van der Waals surface area (Å²) in [6.07, 6.45) is 5.99. The average Bonchev–Trinajstić information content (AvgIpc) is 2.55. The molecule has 1 atom stereocenters. The van der Waals surface area contributed by atoms with E-state index < -0.39 is 0 Å². The van der Waals surface area contributed by atoms with E-state index in [4.69, 9.17) is 0 Å². The van der Waals surface area contributed by atoms with Gasteiger partial charge in [-0.2, -0.15) is 0 Å². The van der Waals surface area contributed by atoms with Crippen LogP contribution >= 0.6 is 0 Å². The van der Waals surface area contributed by atoms with Crippen LogP contribution in [-0.4, -0.2) is 39.9 Å². The van der Waals surface area contributed by atoms with E-state index in [9.17, 15) is 4.79 Å². The summed E-state index contributed by atoms with van der Waals surface area (Å²) in [5.74, 6) is 0.208. The van der Waals surface area contributed by atoms with Gasteiger partial charge in [0, 0.05) is 37.9 Å². The molecule has 0 aliphatic heterocycles. The van der Waals surface area contributed by atoms with E-state index in [1.807, 2.05) is 30.0 Å². The number of rotatable bonds is 8. The number of fused-ring (bicyclic) bond motifs is 1. The van der Waals surface area contributed by atoms with Gasteiger partial charge in [-0.25, -0.2) is 0 Å². The van der Waals surface area contributed by atoms with Gasteiger partial charge in [-0.1, -0.05) is 13.8 Å². The third-order valence-corrected chi connectivity index (χ3v) is 3.72. The summed E-state index contributed by atoms with van der Waals surface area (Å²) in [6.45, 7) is 7.90. The third-order valence-electron chi connectivity index (χ3n) is 3.72. The maximum Gasteiger partial charge on any atom is 0.224 e. The van der Waals surface area contributed by atoms with Gasteiger partial charge in [0.1, 0.15) is 5.52 Å². The third kappa shape index (κ3) is 4.65. The van der Waals surface area contributed by atoms with Crippen LogP contribution in [0, 0.1) is 0 Å². The Labute approximate surface area is 138 Å². The fourth-order valence-electron chi connectivity index (χ4n) is 2.70. The first-order valence-electron chi connectivity index (χ1n) is 8.39. The Bertz CT molecular complexity index is 632. The highest BCUT2D eigenvalue weighted by molar-refractivity contribution is 5.87. The van der Waals surface area contributed by atoms with Crippen molar-refractivity contribution >= 4 is 22.6 Å². The Morgan fingerprint density at radius 2 is 1.91 bits per heavy atom. The summed E-state index contributed by atoms with van der Waals surface area (Å²) in [7, 11) is 0. The number of hydrogen-bond donors (Lipinski definition) is 1. The maximum absolute atomic E-state index is 12.4. The van der Waals surface area contributed by atoms with Crippen LogP contribution in [0.1, 0.15) is 40.0 Å². The molecule has 1 amide bonds. The molecular formula is C18H26N4O. The summed E-state index contributed by atoms with van der Waals surface area (Å²) >= 11 is 0. The smallest absolute Gasteiger partial charge is 0.224 e. The molecule has 1 unspecified atom stereocenters. The lowest BCUT2D eigenvalue weighted by atomic mass is 10.2. The lowest BCUT2D eigenvalue weighted by Crippen LogP contribution is -2.35. The molecule has 2 rings (SSSR count). The fraction of sp³-hybridized carbons (Fsp3) is 0.500. The molecule has 5 nitrogen and oxygen atoms in total. The van der Waals surface area contributed by atoms with E-state index in [2.05, 4.69) is 29.1 Å². The zero-order valence-electron chi connectivity index (χ0n) is 14.2. The van der Waals surface area contributed by atoms with Crippen molar-refractivity contribution in [2.24, 2.45) is 0 Å². The van der Waals surface area contributed by atoms with E-state index in [0.717, 1.165) is 42.7 Å². The summed E-state index contributed by atoms with van der Waals surface area (Å²) in [6, 6.07) is 5.77. The van der Waals surface area contributed by atoms with Crippen molar-refractivity contribution in [2.45, 2.75) is 46.1 Å². The summed E-state index contributed by atoms with van der Waals surface area (Å²) < 4.78 is 0. The highest BCUT2D eigenvalue weighted by Gasteiger charge is 2.16. The van der Waals surface area contributed by atoms with E-state index >= 15 is 0 Å². The number of carbonyl (C=O) groups is 1. The van der Waals surface area contributed by atoms with Crippen LogP contribution < -0.4 is 5.32 Å². The normalized spacial score (nSPS) is 12.1. The zero-order chi connectivity index (χ0) is 16.7. The van der Waals surface area contributed by atoms with Crippen molar-refractivity contribution in [3.8, 4) is 0 Å². The lowest BCUT2D eigenvalue weighted by Gasteiger charge is -2.24. The molecule has 0 aromatic carbocycles.